The van der Waals surface area contributed by atoms with Gasteiger partial charge in [-0.1, -0.05) is 88.9 Å². The highest BCUT2D eigenvalue weighted by Gasteiger charge is 2.60. The number of hydrogen-bond acceptors (Lipinski definition) is 3. The van der Waals surface area contributed by atoms with Crippen LogP contribution in [0.3, 0.4) is 0 Å². The molecule has 0 N–H and O–H groups in total. The highest BCUT2D eigenvalue weighted by molar-refractivity contribution is 6.64. The predicted octanol–water partition coefficient (Wildman–Crippen LogP) is 10.9. The van der Waals surface area contributed by atoms with E-state index in [2.05, 4.69) is 97.8 Å². The van der Waals surface area contributed by atoms with Crippen molar-refractivity contribution < 1.29 is 0 Å². The van der Waals surface area contributed by atoms with Gasteiger partial charge in [-0.15, -0.1) is 0 Å². The van der Waals surface area contributed by atoms with E-state index in [1.807, 2.05) is 16.7 Å². The Balaban J connectivity index is 1.13. The quantitative estimate of drug-likeness (QED) is 0.251. The molecule has 20 atom stereocenters. The van der Waals surface area contributed by atoms with Gasteiger partial charge in [-0.05, 0) is 127 Å². The molecule has 4 heteroatoms. The number of benzene rings is 1. The first-order chi connectivity index (χ1) is 24.3. The van der Waals surface area contributed by atoms with Crippen LogP contribution in [0.1, 0.15) is 131 Å². The first kappa shape index (κ1) is 34.2. The molecule has 7 heterocycles. The minimum Gasteiger partial charge on any atom is -0.368 e. The summed E-state index contributed by atoms with van der Waals surface area (Å²) < 4.78 is 0. The largest absolute Gasteiger partial charge is 0.368 e. The molecule has 3 unspecified atom stereocenters. The summed E-state index contributed by atoms with van der Waals surface area (Å²) in [5, 5.41) is 0. The number of fused-ring (bicyclic) bond motifs is 15. The maximum absolute atomic E-state index is 3.13. The summed E-state index contributed by atoms with van der Waals surface area (Å²) in [7, 11) is 0. The molecule has 0 radical (unpaired) electrons. The molecule has 51 heavy (non-hydrogen) atoms. The first-order valence-electron chi connectivity index (χ1n) is 22.8. The summed E-state index contributed by atoms with van der Waals surface area (Å²) in [5.74, 6) is 14.3. The van der Waals surface area contributed by atoms with Gasteiger partial charge >= 0.3 is 0 Å². The molecule has 2 saturated carbocycles. The molecule has 0 amide bonds. The molecule has 7 aliphatic heterocycles. The molecule has 3 nitrogen and oxygen atoms in total. The van der Waals surface area contributed by atoms with Crippen LogP contribution in [-0.2, 0) is 12.8 Å². The third-order valence-electron chi connectivity index (χ3n) is 20.3. The van der Waals surface area contributed by atoms with Gasteiger partial charge in [-0.2, -0.15) is 0 Å². The number of anilines is 3. The van der Waals surface area contributed by atoms with Gasteiger partial charge in [0.1, 0.15) is 0 Å². The smallest absolute Gasteiger partial charge is 0.154 e. The third kappa shape index (κ3) is 4.43. The molecular weight excluding hydrogens is 617 g/mol. The normalized spacial score (nSPS) is 52.2. The van der Waals surface area contributed by atoms with Gasteiger partial charge in [-0.25, -0.2) is 0 Å². The summed E-state index contributed by atoms with van der Waals surface area (Å²) in [6.45, 7) is 36.5. The van der Waals surface area contributed by atoms with Gasteiger partial charge in [0.05, 0.1) is 0 Å². The Bertz CT molecular complexity index is 1570. The molecule has 6 fully saturated rings. The first-order valence-corrected chi connectivity index (χ1v) is 22.8. The highest BCUT2D eigenvalue weighted by atomic mass is 15.3. The lowest BCUT2D eigenvalue weighted by Crippen LogP contribution is -2.57. The fourth-order valence-electron chi connectivity index (χ4n) is 17.2. The van der Waals surface area contributed by atoms with E-state index >= 15 is 0 Å². The van der Waals surface area contributed by atoms with Gasteiger partial charge < -0.3 is 14.7 Å². The van der Waals surface area contributed by atoms with E-state index < -0.39 is 0 Å². The van der Waals surface area contributed by atoms with Crippen molar-refractivity contribution in [2.75, 3.05) is 34.3 Å². The van der Waals surface area contributed by atoms with Crippen LogP contribution in [0, 0.1) is 76.9 Å². The van der Waals surface area contributed by atoms with Gasteiger partial charge in [0.15, 0.2) is 6.71 Å². The molecule has 10 rings (SSSR count). The molecule has 4 saturated heterocycles. The zero-order valence-electron chi connectivity index (χ0n) is 34.8. The Morgan fingerprint density at radius 1 is 0.451 bits per heavy atom. The molecule has 280 valence electrons. The lowest BCUT2D eigenvalue weighted by Gasteiger charge is -2.55. The van der Waals surface area contributed by atoms with Crippen molar-refractivity contribution in [3.8, 4) is 0 Å². The Morgan fingerprint density at radius 2 is 1.02 bits per heavy atom. The Labute approximate surface area is 313 Å². The van der Waals surface area contributed by atoms with Crippen LogP contribution in [0.4, 0.5) is 17.1 Å². The zero-order valence-corrected chi connectivity index (χ0v) is 34.8. The van der Waals surface area contributed by atoms with Crippen molar-refractivity contribution in [2.24, 2.45) is 76.9 Å². The molecule has 2 aliphatic carbocycles. The third-order valence-corrected chi connectivity index (χ3v) is 20.3. The highest BCUT2D eigenvalue weighted by Crippen LogP contribution is 2.66. The van der Waals surface area contributed by atoms with E-state index in [4.69, 9.17) is 0 Å². The van der Waals surface area contributed by atoms with Crippen molar-refractivity contribution in [2.45, 2.75) is 163 Å². The second kappa shape index (κ2) is 11.6. The summed E-state index contributed by atoms with van der Waals surface area (Å²) in [6.07, 6.45) is 8.35. The molecule has 0 bridgehead atoms. The number of rotatable bonds is 0. The Hall–Kier alpha value is -1.32. The maximum Gasteiger partial charge on any atom is 0.154 e. The number of hydrogen-bond donors (Lipinski definition) is 0. The van der Waals surface area contributed by atoms with E-state index in [0.717, 1.165) is 101 Å². The van der Waals surface area contributed by atoms with Crippen molar-refractivity contribution in [1.29, 1.82) is 0 Å². The summed E-state index contributed by atoms with van der Waals surface area (Å²) in [6, 6.07) is 2.07. The predicted molar refractivity (Wildman–Crippen MR) is 219 cm³/mol. The van der Waals surface area contributed by atoms with E-state index in [-0.39, 0.29) is 0 Å². The number of nitrogens with zero attached hydrogens (tertiary/aromatic N) is 3. The second-order valence-corrected chi connectivity index (χ2v) is 22.2. The monoisotopic (exact) mass is 692 g/mol. The van der Waals surface area contributed by atoms with Crippen molar-refractivity contribution >= 4 is 23.8 Å². The Morgan fingerprint density at radius 3 is 1.73 bits per heavy atom. The second-order valence-electron chi connectivity index (χ2n) is 22.2. The van der Waals surface area contributed by atoms with Gasteiger partial charge in [0.25, 0.3) is 0 Å². The van der Waals surface area contributed by atoms with Crippen LogP contribution in [-0.4, -0.2) is 44.5 Å². The van der Waals surface area contributed by atoms with Crippen molar-refractivity contribution in [3.05, 3.63) is 16.7 Å². The van der Waals surface area contributed by atoms with Crippen LogP contribution >= 0.6 is 0 Å². The summed E-state index contributed by atoms with van der Waals surface area (Å²) in [5.41, 5.74) is 10.9. The minimum atomic E-state index is 0.646. The minimum absolute atomic E-state index is 0.646. The molecule has 0 spiro atoms. The van der Waals surface area contributed by atoms with Gasteiger partial charge in [-0.3, -0.25) is 0 Å². The average Bonchev–Trinajstić information content (AvgIpc) is 3.74. The van der Waals surface area contributed by atoms with Crippen LogP contribution < -0.4 is 14.7 Å². The van der Waals surface area contributed by atoms with E-state index in [1.165, 1.54) is 58.2 Å². The molecule has 0 aromatic heterocycles. The zero-order chi connectivity index (χ0) is 35.7. The van der Waals surface area contributed by atoms with E-state index in [0.29, 0.717) is 24.0 Å². The standard InChI is InChI=1S/C47H74BN3/c1-22-13-25(4)37-19-49-40(16-34(37)28(22)7)31(10)44-46-35(17-41-30(9)43-29(8)23(2)14-26(5)38(43)20-50(41)46)45-36(47(44)49)18-42-33(12)48-32(11)24(3)15-27(6)39(48)21-51(42)45/h22-34,37-43H,13-21H2,1-12H3/t22-,23-,24-,25+,26+,27+,28-,29?,30+,31-,32-,33+,34?,37+,38+,39+,40+,41-,42-,43?/m0/s1. The Kier molecular flexibility index (Phi) is 7.78. The van der Waals surface area contributed by atoms with Crippen molar-refractivity contribution in [3.63, 3.8) is 0 Å². The van der Waals surface area contributed by atoms with Crippen molar-refractivity contribution in [1.82, 2.24) is 0 Å². The fraction of sp³-hybridized carbons (Fsp3) is 0.872. The van der Waals surface area contributed by atoms with Crippen LogP contribution in [0.5, 0.6) is 0 Å². The molecule has 1 aromatic rings. The molecule has 9 aliphatic rings. The van der Waals surface area contributed by atoms with E-state index in [9.17, 15) is 0 Å². The topological polar surface area (TPSA) is 9.72 Å². The van der Waals surface area contributed by atoms with Crippen LogP contribution in [0.15, 0.2) is 0 Å². The summed E-state index contributed by atoms with van der Waals surface area (Å²) in [4.78, 5) is 9.38. The summed E-state index contributed by atoms with van der Waals surface area (Å²) >= 11 is 0. The molecule has 1 aromatic carbocycles. The van der Waals surface area contributed by atoms with Gasteiger partial charge in [0.2, 0.25) is 0 Å². The maximum atomic E-state index is 3.13. The molecular formula is C47H74BN3. The van der Waals surface area contributed by atoms with Crippen LogP contribution in [0.2, 0.25) is 17.5 Å². The lowest BCUT2D eigenvalue weighted by atomic mass is 9.21. The lowest BCUT2D eigenvalue weighted by molar-refractivity contribution is 0.000436. The van der Waals surface area contributed by atoms with Crippen LogP contribution in [0.25, 0.3) is 0 Å². The van der Waals surface area contributed by atoms with Gasteiger partial charge in [0, 0.05) is 77.4 Å². The van der Waals surface area contributed by atoms with E-state index in [1.54, 1.807) is 17.1 Å². The average molecular weight is 692 g/mol. The number of piperidine rings is 2. The fourth-order valence-corrected chi connectivity index (χ4v) is 17.2. The SMILES string of the molecule is CC1C2[C@H](C)[C@@H]3Cc4c5c(c6c(c4N3C[C@@H]2[C@H](C)C[C@@H]1C)[C@@H](C)[C@H]1CC2[C@@H](C)[C@@H](C)C[C@@H](C)[C@H]2CN61)C[C@H]1[C@@H](C)B2[C@@H](C)[C@@H](C)C[C@@H](C)[C@H]2CN51.